The molecule has 0 atom stereocenters. The molecule has 0 amide bonds. The molecule has 148 valence electrons. The molecule has 1 fully saturated rings. The fraction of sp³-hybridized carbons (Fsp3) is 0.421. The van der Waals surface area contributed by atoms with Gasteiger partial charge in [0.1, 0.15) is 11.4 Å². The fourth-order valence-corrected chi connectivity index (χ4v) is 3.95. The largest absolute Gasteiger partial charge is 0.493 e. The summed E-state index contributed by atoms with van der Waals surface area (Å²) in [5.74, 6) is 1.19. The number of piperidine rings is 1. The molecule has 0 spiro atoms. The third-order valence-electron chi connectivity index (χ3n) is 5.31. The minimum absolute atomic E-state index is 0.0535. The van der Waals surface area contributed by atoms with Crippen LogP contribution in [0.15, 0.2) is 24.4 Å². The number of nitrogen functional groups attached to an aromatic ring is 1. The Morgan fingerprint density at radius 3 is 2.93 bits per heavy atom. The molecule has 4 rings (SSSR count). The molecule has 28 heavy (non-hydrogen) atoms. The van der Waals surface area contributed by atoms with E-state index in [1.54, 1.807) is 0 Å². The lowest BCUT2D eigenvalue weighted by Crippen LogP contribution is -2.38. The molecule has 0 aliphatic carbocycles. The maximum absolute atomic E-state index is 11.3. The van der Waals surface area contributed by atoms with Gasteiger partial charge in [0.25, 0.3) is 0 Å². The number of likely N-dealkylation sites (tertiary alicyclic amines) is 1. The van der Waals surface area contributed by atoms with Gasteiger partial charge in [0.15, 0.2) is 0 Å². The van der Waals surface area contributed by atoms with Gasteiger partial charge in [-0.05, 0) is 30.0 Å². The van der Waals surface area contributed by atoms with Gasteiger partial charge in [0.05, 0.1) is 22.7 Å². The Labute approximate surface area is 167 Å². The monoisotopic (exact) mass is 403 g/mol. The summed E-state index contributed by atoms with van der Waals surface area (Å²) in [6.45, 7) is 3.47. The molecular weight excluding hydrogens is 382 g/mol. The first kappa shape index (κ1) is 18.8. The summed E-state index contributed by atoms with van der Waals surface area (Å²) in [5.41, 5.74) is 8.03. The van der Waals surface area contributed by atoms with Crippen LogP contribution in [0.4, 0.5) is 17.2 Å². The number of pyridine rings is 1. The van der Waals surface area contributed by atoms with E-state index in [4.69, 9.17) is 22.1 Å². The predicted octanol–water partition coefficient (Wildman–Crippen LogP) is 3.24. The maximum Gasteiger partial charge on any atom is 0.335 e. The van der Waals surface area contributed by atoms with E-state index in [-0.39, 0.29) is 28.3 Å². The van der Waals surface area contributed by atoms with Crippen LogP contribution in [0, 0.1) is 10.1 Å². The summed E-state index contributed by atoms with van der Waals surface area (Å²) < 4.78 is 5.56. The molecular formula is C19H22ClN5O3. The van der Waals surface area contributed by atoms with E-state index in [0.717, 1.165) is 51.3 Å². The van der Waals surface area contributed by atoms with Crippen LogP contribution in [0.2, 0.25) is 5.02 Å². The van der Waals surface area contributed by atoms with Gasteiger partial charge in [-0.2, -0.15) is 0 Å². The highest BCUT2D eigenvalue weighted by Crippen LogP contribution is 2.35. The zero-order valence-corrected chi connectivity index (χ0v) is 16.1. The van der Waals surface area contributed by atoms with Gasteiger partial charge in [-0.1, -0.05) is 23.7 Å². The molecule has 8 nitrogen and oxygen atoms in total. The normalized spacial score (nSPS) is 17.2. The van der Waals surface area contributed by atoms with Crippen molar-refractivity contribution in [3.8, 4) is 5.75 Å². The van der Waals surface area contributed by atoms with Crippen LogP contribution < -0.4 is 15.8 Å². The second-order valence-electron chi connectivity index (χ2n) is 7.21. The van der Waals surface area contributed by atoms with Crippen molar-refractivity contribution in [3.05, 3.63) is 50.7 Å². The average molecular weight is 404 g/mol. The fourth-order valence-electron chi connectivity index (χ4n) is 3.81. The quantitative estimate of drug-likeness (QED) is 0.582. The summed E-state index contributed by atoms with van der Waals surface area (Å²) in [5, 5.41) is 14.6. The smallest absolute Gasteiger partial charge is 0.335 e. The van der Waals surface area contributed by atoms with Crippen molar-refractivity contribution in [1.29, 1.82) is 0 Å². The van der Waals surface area contributed by atoms with Crippen LogP contribution in [0.3, 0.4) is 0 Å². The van der Waals surface area contributed by atoms with E-state index >= 15 is 0 Å². The van der Waals surface area contributed by atoms with Gasteiger partial charge in [0.2, 0.25) is 5.82 Å². The van der Waals surface area contributed by atoms with Crippen molar-refractivity contribution in [2.24, 2.45) is 0 Å². The number of ether oxygens (including phenoxy) is 1. The Kier molecular flexibility index (Phi) is 5.23. The lowest BCUT2D eigenvalue weighted by Gasteiger charge is -2.32. The summed E-state index contributed by atoms with van der Waals surface area (Å²) >= 11 is 5.87. The minimum atomic E-state index is -0.538. The van der Waals surface area contributed by atoms with Gasteiger partial charge >= 0.3 is 5.69 Å². The third-order valence-corrected chi connectivity index (χ3v) is 5.62. The summed E-state index contributed by atoms with van der Waals surface area (Å²) in [4.78, 5) is 17.3. The van der Waals surface area contributed by atoms with Crippen LogP contribution in [0.1, 0.15) is 24.0 Å². The molecule has 3 N–H and O–H groups in total. The number of halogens is 1. The Hall–Kier alpha value is -2.58. The zero-order chi connectivity index (χ0) is 19.7. The second kappa shape index (κ2) is 7.81. The van der Waals surface area contributed by atoms with E-state index in [1.165, 1.54) is 17.3 Å². The second-order valence-corrected chi connectivity index (χ2v) is 7.62. The summed E-state index contributed by atoms with van der Waals surface area (Å²) in [6, 6.07) is 6.52. The SMILES string of the molecule is Nc1c(Cl)cnc(NC2CCN(Cc3ccc4c(c3)CCO4)CC2)c1[N+](=O)[O-]. The number of fused-ring (bicyclic) bond motifs is 1. The van der Waals surface area contributed by atoms with Crippen LogP contribution in [-0.4, -0.2) is 40.5 Å². The Morgan fingerprint density at radius 2 is 2.18 bits per heavy atom. The topological polar surface area (TPSA) is 107 Å². The Bertz CT molecular complexity index is 899. The van der Waals surface area contributed by atoms with E-state index in [2.05, 4.69) is 33.4 Å². The highest BCUT2D eigenvalue weighted by Gasteiger charge is 2.26. The number of benzene rings is 1. The van der Waals surface area contributed by atoms with E-state index in [1.807, 2.05) is 0 Å². The Morgan fingerprint density at radius 1 is 1.39 bits per heavy atom. The first-order chi connectivity index (χ1) is 13.5. The highest BCUT2D eigenvalue weighted by molar-refractivity contribution is 6.33. The van der Waals surface area contributed by atoms with E-state index < -0.39 is 4.92 Å². The Balaban J connectivity index is 1.36. The zero-order valence-electron chi connectivity index (χ0n) is 15.4. The van der Waals surface area contributed by atoms with Crippen LogP contribution in [-0.2, 0) is 13.0 Å². The number of hydrogen-bond donors (Lipinski definition) is 2. The van der Waals surface area contributed by atoms with Crippen molar-refractivity contribution in [2.75, 3.05) is 30.7 Å². The van der Waals surface area contributed by atoms with E-state index in [9.17, 15) is 10.1 Å². The maximum atomic E-state index is 11.3. The van der Waals surface area contributed by atoms with Gasteiger partial charge in [-0.15, -0.1) is 0 Å². The minimum Gasteiger partial charge on any atom is -0.493 e. The molecule has 1 aromatic heterocycles. The number of hydrogen-bond acceptors (Lipinski definition) is 7. The van der Waals surface area contributed by atoms with Gasteiger partial charge in [-0.3, -0.25) is 15.0 Å². The van der Waals surface area contributed by atoms with Crippen molar-refractivity contribution >= 4 is 28.8 Å². The lowest BCUT2D eigenvalue weighted by molar-refractivity contribution is -0.383. The first-order valence-corrected chi connectivity index (χ1v) is 9.71. The molecule has 2 aliphatic heterocycles. The number of anilines is 2. The highest BCUT2D eigenvalue weighted by atomic mass is 35.5. The van der Waals surface area contributed by atoms with Crippen molar-refractivity contribution in [1.82, 2.24) is 9.88 Å². The number of nitrogens with two attached hydrogens (primary N) is 1. The third kappa shape index (κ3) is 3.83. The van der Waals surface area contributed by atoms with Gasteiger partial charge in [-0.25, -0.2) is 4.98 Å². The molecule has 0 saturated carbocycles. The van der Waals surface area contributed by atoms with Crippen molar-refractivity contribution in [3.63, 3.8) is 0 Å². The summed E-state index contributed by atoms with van der Waals surface area (Å²) in [6.07, 6.45) is 4.06. The molecule has 0 unspecified atom stereocenters. The average Bonchev–Trinajstić information content (AvgIpc) is 3.14. The van der Waals surface area contributed by atoms with Crippen molar-refractivity contribution < 1.29 is 9.66 Å². The van der Waals surface area contributed by atoms with E-state index in [0.29, 0.717) is 0 Å². The molecule has 0 radical (unpaired) electrons. The molecule has 0 bridgehead atoms. The molecule has 9 heteroatoms. The lowest BCUT2D eigenvalue weighted by atomic mass is 10.0. The standard InChI is InChI=1S/C19H22ClN5O3/c20-15-10-22-19(18(17(15)21)25(26)27)23-14-3-6-24(7-4-14)11-12-1-2-16-13(9-12)5-8-28-16/h1-2,9-10,14H,3-8,11H2,(H3,21,22,23). The van der Waals surface area contributed by atoms with Gasteiger partial charge < -0.3 is 15.8 Å². The van der Waals surface area contributed by atoms with Crippen LogP contribution >= 0.6 is 11.6 Å². The van der Waals surface area contributed by atoms with Gasteiger partial charge in [0, 0.05) is 32.1 Å². The van der Waals surface area contributed by atoms with Crippen LogP contribution in [0.25, 0.3) is 0 Å². The molecule has 1 saturated heterocycles. The molecule has 2 aliphatic rings. The molecule has 3 heterocycles. The van der Waals surface area contributed by atoms with Crippen molar-refractivity contribution in [2.45, 2.75) is 31.8 Å². The summed E-state index contributed by atoms with van der Waals surface area (Å²) in [7, 11) is 0. The number of nitrogens with one attached hydrogen (secondary N) is 1. The molecule has 1 aromatic carbocycles. The first-order valence-electron chi connectivity index (χ1n) is 9.33. The predicted molar refractivity (Wildman–Crippen MR) is 108 cm³/mol. The number of rotatable bonds is 5. The number of nitro groups is 1. The number of aromatic nitrogens is 1. The number of nitrogens with zero attached hydrogens (tertiary/aromatic N) is 3. The van der Waals surface area contributed by atoms with Crippen LogP contribution in [0.5, 0.6) is 5.75 Å². The molecule has 2 aromatic rings.